The number of ether oxygens (including phenoxy) is 1. The van der Waals surface area contributed by atoms with Crippen LogP contribution in [0, 0.1) is 0 Å². The van der Waals surface area contributed by atoms with Crippen LogP contribution in [-0.2, 0) is 4.74 Å². The lowest BCUT2D eigenvalue weighted by molar-refractivity contribution is 0.112. The lowest BCUT2D eigenvalue weighted by Gasteiger charge is -2.30. The highest BCUT2D eigenvalue weighted by molar-refractivity contribution is 9.10. The third-order valence-corrected chi connectivity index (χ3v) is 3.67. The van der Waals surface area contributed by atoms with Gasteiger partial charge in [0.25, 0.3) is 0 Å². The summed E-state index contributed by atoms with van der Waals surface area (Å²) in [6.45, 7) is 5.72. The van der Waals surface area contributed by atoms with Crippen molar-refractivity contribution in [2.24, 2.45) is 5.73 Å². The summed E-state index contributed by atoms with van der Waals surface area (Å²) in [7, 11) is 0. The number of anilines is 1. The van der Waals surface area contributed by atoms with E-state index >= 15 is 0 Å². The topological polar surface area (TPSA) is 47.3 Å². The first-order valence-electron chi connectivity index (χ1n) is 5.52. The Bertz CT molecular complexity index is 376. The fourth-order valence-electron chi connectivity index (χ4n) is 1.40. The summed E-state index contributed by atoms with van der Waals surface area (Å²) in [4.78, 5) is 0. The number of halogens is 2. The van der Waals surface area contributed by atoms with Crippen molar-refractivity contribution in [2.45, 2.75) is 19.4 Å². The summed E-state index contributed by atoms with van der Waals surface area (Å²) in [6, 6.07) is 5.73. The summed E-state index contributed by atoms with van der Waals surface area (Å²) >= 11 is 9.40. The van der Waals surface area contributed by atoms with Crippen LogP contribution in [0.25, 0.3) is 0 Å². The molecule has 1 rings (SSSR count). The molecule has 0 heterocycles. The molecule has 0 aliphatic carbocycles. The van der Waals surface area contributed by atoms with Gasteiger partial charge in [0.05, 0.1) is 17.2 Å². The van der Waals surface area contributed by atoms with E-state index in [-0.39, 0.29) is 5.54 Å². The van der Waals surface area contributed by atoms with E-state index in [2.05, 4.69) is 21.2 Å². The van der Waals surface area contributed by atoms with Gasteiger partial charge in [0.1, 0.15) is 0 Å². The predicted octanol–water partition coefficient (Wildman–Crippen LogP) is 3.27. The van der Waals surface area contributed by atoms with Gasteiger partial charge in [0.2, 0.25) is 0 Å². The van der Waals surface area contributed by atoms with Crippen molar-refractivity contribution in [3.8, 4) is 0 Å². The highest BCUT2D eigenvalue weighted by Gasteiger charge is 2.22. The second-order valence-electron chi connectivity index (χ2n) is 4.16. The van der Waals surface area contributed by atoms with Gasteiger partial charge < -0.3 is 15.8 Å². The molecule has 0 spiro atoms. The van der Waals surface area contributed by atoms with Crippen molar-refractivity contribution < 1.29 is 4.74 Å². The van der Waals surface area contributed by atoms with E-state index in [0.29, 0.717) is 24.8 Å². The maximum Gasteiger partial charge on any atom is 0.0706 e. The second-order valence-corrected chi connectivity index (χ2v) is 5.42. The monoisotopic (exact) mass is 320 g/mol. The molecule has 17 heavy (non-hydrogen) atoms. The molecule has 0 saturated heterocycles. The van der Waals surface area contributed by atoms with Crippen molar-refractivity contribution in [3.63, 3.8) is 0 Å². The first-order valence-corrected chi connectivity index (χ1v) is 6.69. The first kappa shape index (κ1) is 14.8. The van der Waals surface area contributed by atoms with Crippen LogP contribution in [0.1, 0.15) is 13.8 Å². The van der Waals surface area contributed by atoms with E-state index in [1.54, 1.807) is 0 Å². The van der Waals surface area contributed by atoms with Gasteiger partial charge in [-0.2, -0.15) is 0 Å². The van der Waals surface area contributed by atoms with E-state index < -0.39 is 0 Å². The Balaban J connectivity index is 2.76. The Morgan fingerprint density at radius 3 is 2.76 bits per heavy atom. The summed E-state index contributed by atoms with van der Waals surface area (Å²) in [5.74, 6) is 0. The summed E-state index contributed by atoms with van der Waals surface area (Å²) in [6.07, 6.45) is 0. The Hall–Kier alpha value is -0.290. The Kier molecular flexibility index (Phi) is 5.73. The number of nitrogens with one attached hydrogen (secondary N) is 1. The molecule has 0 amide bonds. The quantitative estimate of drug-likeness (QED) is 0.845. The summed E-state index contributed by atoms with van der Waals surface area (Å²) in [5, 5.41) is 4.02. The molecule has 1 atom stereocenters. The average Bonchev–Trinajstić information content (AvgIpc) is 2.31. The normalized spacial score (nSPS) is 14.4. The molecule has 3 N–H and O–H groups in total. The Morgan fingerprint density at radius 1 is 1.53 bits per heavy atom. The maximum absolute atomic E-state index is 6.04. The fraction of sp³-hybridized carbons (Fsp3) is 0.500. The molecule has 0 aromatic heterocycles. The van der Waals surface area contributed by atoms with Crippen LogP contribution in [0.15, 0.2) is 22.7 Å². The smallest absolute Gasteiger partial charge is 0.0706 e. The fourth-order valence-corrected chi connectivity index (χ4v) is 1.82. The van der Waals surface area contributed by atoms with Crippen LogP contribution in [-0.4, -0.2) is 25.3 Å². The Labute approximate surface area is 116 Å². The van der Waals surface area contributed by atoms with E-state index in [4.69, 9.17) is 22.1 Å². The van der Waals surface area contributed by atoms with E-state index in [1.165, 1.54) is 0 Å². The first-order chi connectivity index (χ1) is 8.00. The minimum atomic E-state index is -0.285. The van der Waals surface area contributed by atoms with Crippen molar-refractivity contribution in [2.75, 3.05) is 25.1 Å². The minimum Gasteiger partial charge on any atom is -0.379 e. The van der Waals surface area contributed by atoms with Crippen molar-refractivity contribution in [1.29, 1.82) is 0 Å². The second kappa shape index (κ2) is 6.59. The standard InChI is InChI=1S/C12H18BrClN2O/c1-3-17-8-12(2,7-15)16-9-4-5-10(13)11(14)6-9/h4-6,16H,3,7-8,15H2,1-2H3. The largest absolute Gasteiger partial charge is 0.379 e. The molecule has 0 saturated carbocycles. The molecule has 96 valence electrons. The lowest BCUT2D eigenvalue weighted by Crippen LogP contribution is -2.46. The van der Waals surface area contributed by atoms with Crippen LogP contribution in [0.5, 0.6) is 0 Å². The van der Waals surface area contributed by atoms with Gasteiger partial charge in [0, 0.05) is 23.3 Å². The van der Waals surface area contributed by atoms with Crippen LogP contribution < -0.4 is 11.1 Å². The van der Waals surface area contributed by atoms with Gasteiger partial charge in [0.15, 0.2) is 0 Å². The third kappa shape index (κ3) is 4.47. The van der Waals surface area contributed by atoms with E-state index in [0.717, 1.165) is 10.2 Å². The van der Waals surface area contributed by atoms with Crippen molar-refractivity contribution >= 4 is 33.2 Å². The van der Waals surface area contributed by atoms with Gasteiger partial charge in [-0.05, 0) is 48.0 Å². The SMILES string of the molecule is CCOCC(C)(CN)Nc1ccc(Br)c(Cl)c1. The highest BCUT2D eigenvalue weighted by atomic mass is 79.9. The van der Waals surface area contributed by atoms with Gasteiger partial charge in [-0.3, -0.25) is 0 Å². The molecule has 3 nitrogen and oxygen atoms in total. The molecule has 1 unspecified atom stereocenters. The zero-order valence-corrected chi connectivity index (χ0v) is 12.4. The summed E-state index contributed by atoms with van der Waals surface area (Å²) < 4.78 is 6.31. The lowest BCUT2D eigenvalue weighted by atomic mass is 10.0. The van der Waals surface area contributed by atoms with E-state index in [9.17, 15) is 0 Å². The average molecular weight is 322 g/mol. The van der Waals surface area contributed by atoms with Crippen LogP contribution in [0.4, 0.5) is 5.69 Å². The number of hydrogen-bond acceptors (Lipinski definition) is 3. The summed E-state index contributed by atoms with van der Waals surface area (Å²) in [5.41, 5.74) is 6.43. The van der Waals surface area contributed by atoms with Gasteiger partial charge >= 0.3 is 0 Å². The molecular weight excluding hydrogens is 304 g/mol. The molecule has 0 aliphatic heterocycles. The van der Waals surface area contributed by atoms with Gasteiger partial charge in [-0.1, -0.05) is 11.6 Å². The zero-order chi connectivity index (χ0) is 12.9. The number of rotatable bonds is 6. The molecule has 1 aromatic carbocycles. The predicted molar refractivity (Wildman–Crippen MR) is 76.7 cm³/mol. The van der Waals surface area contributed by atoms with E-state index in [1.807, 2.05) is 32.0 Å². The molecule has 0 bridgehead atoms. The maximum atomic E-state index is 6.04. The van der Waals surface area contributed by atoms with Gasteiger partial charge in [-0.25, -0.2) is 0 Å². The van der Waals surface area contributed by atoms with Crippen molar-refractivity contribution in [3.05, 3.63) is 27.7 Å². The third-order valence-electron chi connectivity index (χ3n) is 2.44. The Morgan fingerprint density at radius 2 is 2.24 bits per heavy atom. The number of hydrogen-bond donors (Lipinski definition) is 2. The van der Waals surface area contributed by atoms with Gasteiger partial charge in [-0.15, -0.1) is 0 Å². The van der Waals surface area contributed by atoms with Crippen LogP contribution in [0.3, 0.4) is 0 Å². The van der Waals surface area contributed by atoms with Crippen molar-refractivity contribution in [1.82, 2.24) is 0 Å². The molecule has 0 fully saturated rings. The minimum absolute atomic E-state index is 0.285. The molecule has 0 aliphatic rings. The zero-order valence-electron chi connectivity index (χ0n) is 10.1. The number of nitrogens with two attached hydrogens (primary N) is 1. The molecule has 5 heteroatoms. The van der Waals surface area contributed by atoms with Crippen LogP contribution >= 0.6 is 27.5 Å². The van der Waals surface area contributed by atoms with Crippen LogP contribution in [0.2, 0.25) is 5.02 Å². The molecular formula is C12H18BrClN2O. The highest BCUT2D eigenvalue weighted by Crippen LogP contribution is 2.27. The molecule has 1 aromatic rings. The number of benzene rings is 1. The molecule has 0 radical (unpaired) electrons.